The first kappa shape index (κ1) is 8.73. The lowest BCUT2D eigenvalue weighted by atomic mass is 10.2. The van der Waals surface area contributed by atoms with Crippen LogP contribution in [0.15, 0.2) is 10.8 Å². The predicted molar refractivity (Wildman–Crippen MR) is 40.9 cm³/mol. The van der Waals surface area contributed by atoms with E-state index in [-0.39, 0.29) is 11.7 Å². The van der Waals surface area contributed by atoms with Gasteiger partial charge in [0.15, 0.2) is 17.8 Å². The van der Waals surface area contributed by atoms with Crippen molar-refractivity contribution in [3.05, 3.63) is 17.8 Å². The average molecular weight is 170 g/mol. The lowest BCUT2D eigenvalue weighted by molar-refractivity contribution is 0.0688. The molecule has 2 N–H and O–H groups in total. The summed E-state index contributed by atoms with van der Waals surface area (Å²) < 4.78 is 4.92. The van der Waals surface area contributed by atoms with E-state index in [1.54, 1.807) is 14.0 Å². The fourth-order valence-electron chi connectivity index (χ4n) is 0.854. The molecule has 1 aromatic heterocycles. The lowest BCUT2D eigenvalue weighted by Gasteiger charge is -2.05. The molecule has 5 heteroatoms. The third-order valence-electron chi connectivity index (χ3n) is 1.62. The minimum atomic E-state index is -1.07. The zero-order valence-electron chi connectivity index (χ0n) is 6.87. The van der Waals surface area contributed by atoms with Gasteiger partial charge in [0.05, 0.1) is 6.04 Å². The lowest BCUT2D eigenvalue weighted by Crippen LogP contribution is -2.15. The molecule has 0 unspecified atom stereocenters. The number of nitrogens with zero attached hydrogens (tertiary/aromatic N) is 1. The second-order valence-electron chi connectivity index (χ2n) is 2.38. The smallest absolute Gasteiger partial charge is 0.358 e. The van der Waals surface area contributed by atoms with Gasteiger partial charge in [-0.3, -0.25) is 0 Å². The van der Waals surface area contributed by atoms with E-state index in [1.165, 1.54) is 0 Å². The molecule has 0 fully saturated rings. The van der Waals surface area contributed by atoms with Gasteiger partial charge in [-0.1, -0.05) is 0 Å². The molecule has 66 valence electrons. The molecule has 0 radical (unpaired) electrons. The number of nitrogens with one attached hydrogen (secondary N) is 1. The molecule has 1 atom stereocenters. The molecule has 0 bridgehead atoms. The van der Waals surface area contributed by atoms with Gasteiger partial charge in [0.1, 0.15) is 0 Å². The van der Waals surface area contributed by atoms with Crippen LogP contribution in [0, 0.1) is 0 Å². The number of oxazole rings is 1. The van der Waals surface area contributed by atoms with Crippen molar-refractivity contribution in [2.75, 3.05) is 7.05 Å². The Morgan fingerprint density at radius 1 is 1.83 bits per heavy atom. The Labute approximate surface area is 69.4 Å². The van der Waals surface area contributed by atoms with Crippen LogP contribution in [-0.4, -0.2) is 23.1 Å². The first-order valence-corrected chi connectivity index (χ1v) is 3.50. The SMILES string of the molecule is CN[C@@H](C)c1ocnc1C(=O)O. The van der Waals surface area contributed by atoms with Gasteiger partial charge >= 0.3 is 5.97 Å². The molecule has 0 saturated carbocycles. The van der Waals surface area contributed by atoms with Crippen molar-refractivity contribution in [1.82, 2.24) is 10.3 Å². The molecule has 0 aliphatic rings. The second-order valence-corrected chi connectivity index (χ2v) is 2.38. The largest absolute Gasteiger partial charge is 0.476 e. The summed E-state index contributed by atoms with van der Waals surface area (Å²) in [5.74, 6) is -0.717. The summed E-state index contributed by atoms with van der Waals surface area (Å²) in [5.41, 5.74) is -0.0307. The molecule has 1 heterocycles. The molecule has 0 amide bonds. The first-order chi connectivity index (χ1) is 5.66. The van der Waals surface area contributed by atoms with E-state index in [0.717, 1.165) is 6.39 Å². The summed E-state index contributed by atoms with van der Waals surface area (Å²) in [7, 11) is 1.72. The number of hydrogen-bond acceptors (Lipinski definition) is 4. The van der Waals surface area contributed by atoms with Gasteiger partial charge in [0, 0.05) is 0 Å². The molecule has 0 saturated heterocycles. The number of carbonyl (C=O) groups is 1. The summed E-state index contributed by atoms with van der Waals surface area (Å²) >= 11 is 0. The average Bonchev–Trinajstić information content (AvgIpc) is 2.50. The van der Waals surface area contributed by atoms with Crippen molar-refractivity contribution in [3.63, 3.8) is 0 Å². The number of carboxylic acids is 1. The van der Waals surface area contributed by atoms with Crippen molar-refractivity contribution in [1.29, 1.82) is 0 Å². The summed E-state index contributed by atoms with van der Waals surface area (Å²) in [6.45, 7) is 1.80. The standard InChI is InChI=1S/C7H10N2O3/c1-4(8-2)6-5(7(10)11)9-3-12-6/h3-4,8H,1-2H3,(H,10,11)/t4-/m0/s1. The Kier molecular flexibility index (Phi) is 2.44. The topological polar surface area (TPSA) is 75.4 Å². The van der Waals surface area contributed by atoms with Gasteiger partial charge in [0.2, 0.25) is 0 Å². The molecule has 5 nitrogen and oxygen atoms in total. The molecular weight excluding hydrogens is 160 g/mol. The molecule has 0 spiro atoms. The zero-order chi connectivity index (χ0) is 9.14. The van der Waals surface area contributed by atoms with E-state index in [0.29, 0.717) is 5.76 Å². The highest BCUT2D eigenvalue weighted by Crippen LogP contribution is 2.15. The fourth-order valence-corrected chi connectivity index (χ4v) is 0.854. The highest BCUT2D eigenvalue weighted by Gasteiger charge is 2.19. The maximum absolute atomic E-state index is 10.6. The molecular formula is C7H10N2O3. The summed E-state index contributed by atoms with van der Waals surface area (Å²) in [4.78, 5) is 14.1. The second kappa shape index (κ2) is 3.36. The Morgan fingerprint density at radius 2 is 2.50 bits per heavy atom. The van der Waals surface area contributed by atoms with Crippen LogP contribution >= 0.6 is 0 Å². The number of hydrogen-bond donors (Lipinski definition) is 2. The normalized spacial score (nSPS) is 12.8. The molecule has 0 aliphatic carbocycles. The van der Waals surface area contributed by atoms with Crippen LogP contribution in [0.1, 0.15) is 29.2 Å². The van der Waals surface area contributed by atoms with Gasteiger partial charge < -0.3 is 14.8 Å². The Bertz CT molecular complexity index is 282. The molecule has 0 aromatic carbocycles. The van der Waals surface area contributed by atoms with Crippen molar-refractivity contribution in [2.45, 2.75) is 13.0 Å². The molecule has 12 heavy (non-hydrogen) atoms. The van der Waals surface area contributed by atoms with Crippen LogP contribution in [0.5, 0.6) is 0 Å². The fraction of sp³-hybridized carbons (Fsp3) is 0.429. The molecule has 1 aromatic rings. The summed E-state index contributed by atoms with van der Waals surface area (Å²) in [5, 5.41) is 11.5. The van der Waals surface area contributed by atoms with Crippen molar-refractivity contribution >= 4 is 5.97 Å². The van der Waals surface area contributed by atoms with E-state index < -0.39 is 5.97 Å². The van der Waals surface area contributed by atoms with Crippen LogP contribution in [0.2, 0.25) is 0 Å². The highest BCUT2D eigenvalue weighted by molar-refractivity contribution is 5.86. The maximum atomic E-state index is 10.6. The van der Waals surface area contributed by atoms with Crippen molar-refractivity contribution < 1.29 is 14.3 Å². The van der Waals surface area contributed by atoms with Gasteiger partial charge in [0.25, 0.3) is 0 Å². The van der Waals surface area contributed by atoms with E-state index in [9.17, 15) is 4.79 Å². The number of carboxylic acid groups (broad SMARTS) is 1. The van der Waals surface area contributed by atoms with E-state index >= 15 is 0 Å². The van der Waals surface area contributed by atoms with Gasteiger partial charge in [-0.05, 0) is 14.0 Å². The van der Waals surface area contributed by atoms with Gasteiger partial charge in [-0.15, -0.1) is 0 Å². The molecule has 1 rings (SSSR count). The monoisotopic (exact) mass is 170 g/mol. The van der Waals surface area contributed by atoms with Crippen LogP contribution in [0.25, 0.3) is 0 Å². The summed E-state index contributed by atoms with van der Waals surface area (Å²) in [6, 6.07) is -0.140. The van der Waals surface area contributed by atoms with Gasteiger partial charge in [-0.2, -0.15) is 0 Å². The summed E-state index contributed by atoms with van der Waals surface area (Å²) in [6.07, 6.45) is 1.13. The minimum absolute atomic E-state index is 0.0307. The number of rotatable bonds is 3. The third kappa shape index (κ3) is 1.45. The minimum Gasteiger partial charge on any atom is -0.476 e. The van der Waals surface area contributed by atoms with Crippen LogP contribution in [0.4, 0.5) is 0 Å². The zero-order valence-corrected chi connectivity index (χ0v) is 6.87. The van der Waals surface area contributed by atoms with E-state index in [2.05, 4.69) is 10.3 Å². The predicted octanol–water partition coefficient (Wildman–Crippen LogP) is 0.653. The quantitative estimate of drug-likeness (QED) is 0.696. The highest BCUT2D eigenvalue weighted by atomic mass is 16.4. The van der Waals surface area contributed by atoms with Crippen LogP contribution < -0.4 is 5.32 Å². The third-order valence-corrected chi connectivity index (χ3v) is 1.62. The Hall–Kier alpha value is -1.36. The maximum Gasteiger partial charge on any atom is 0.358 e. The van der Waals surface area contributed by atoms with E-state index in [1.807, 2.05) is 0 Å². The number of aromatic nitrogens is 1. The number of aromatic carboxylic acids is 1. The van der Waals surface area contributed by atoms with Crippen LogP contribution in [-0.2, 0) is 0 Å². The van der Waals surface area contributed by atoms with Crippen LogP contribution in [0.3, 0.4) is 0 Å². The Morgan fingerprint density at radius 3 is 3.00 bits per heavy atom. The van der Waals surface area contributed by atoms with E-state index in [4.69, 9.17) is 9.52 Å². The Balaban J connectivity index is 2.98. The molecule has 0 aliphatic heterocycles. The van der Waals surface area contributed by atoms with Crippen molar-refractivity contribution in [2.24, 2.45) is 0 Å². The van der Waals surface area contributed by atoms with Gasteiger partial charge in [-0.25, -0.2) is 9.78 Å². The first-order valence-electron chi connectivity index (χ1n) is 3.50. The van der Waals surface area contributed by atoms with Crippen molar-refractivity contribution in [3.8, 4) is 0 Å².